The van der Waals surface area contributed by atoms with E-state index in [1.165, 1.54) is 27.8 Å². The molecule has 2 aliphatic rings. The molecular formula is C27H28N2O2. The van der Waals surface area contributed by atoms with Crippen LogP contribution in [-0.2, 0) is 11.2 Å². The molecular weight excluding hydrogens is 384 g/mol. The zero-order valence-electron chi connectivity index (χ0n) is 17.8. The van der Waals surface area contributed by atoms with Crippen LogP contribution in [0, 0.1) is 0 Å². The summed E-state index contributed by atoms with van der Waals surface area (Å²) in [5.74, 6) is 0.0873. The van der Waals surface area contributed by atoms with Crippen molar-refractivity contribution in [1.29, 1.82) is 0 Å². The molecule has 5 rings (SSSR count). The molecule has 1 N–H and O–H groups in total. The van der Waals surface area contributed by atoms with Crippen molar-refractivity contribution in [2.24, 2.45) is 0 Å². The third kappa shape index (κ3) is 3.96. The summed E-state index contributed by atoms with van der Waals surface area (Å²) in [4.78, 5) is 15.1. The Morgan fingerprint density at radius 2 is 1.55 bits per heavy atom. The van der Waals surface area contributed by atoms with E-state index in [0.717, 1.165) is 13.0 Å². The molecule has 0 aromatic heterocycles. The first kappa shape index (κ1) is 19.8. The summed E-state index contributed by atoms with van der Waals surface area (Å²) in [5, 5.41) is 3.51. The van der Waals surface area contributed by atoms with E-state index in [4.69, 9.17) is 4.74 Å². The van der Waals surface area contributed by atoms with Gasteiger partial charge in [0.25, 0.3) is 0 Å². The van der Waals surface area contributed by atoms with E-state index in [9.17, 15) is 4.79 Å². The number of nitrogens with zero attached hydrogens (tertiary/aromatic N) is 1. The van der Waals surface area contributed by atoms with Crippen LogP contribution < -0.4 is 5.32 Å². The number of carbonyl (C=O) groups excluding carboxylic acids is 1. The molecule has 1 fully saturated rings. The van der Waals surface area contributed by atoms with Gasteiger partial charge in [-0.25, -0.2) is 4.79 Å². The van der Waals surface area contributed by atoms with Crippen molar-refractivity contribution in [1.82, 2.24) is 10.2 Å². The first-order valence-electron chi connectivity index (χ1n) is 11.1. The summed E-state index contributed by atoms with van der Waals surface area (Å²) in [6, 6.07) is 27.6. The Hall–Kier alpha value is -3.11. The minimum atomic E-state index is -0.212. The molecule has 0 unspecified atom stereocenters. The summed E-state index contributed by atoms with van der Waals surface area (Å²) in [6.45, 7) is 3.92. The Bertz CT molecular complexity index is 1020. The first-order valence-corrected chi connectivity index (χ1v) is 11.1. The fourth-order valence-electron chi connectivity index (χ4n) is 4.93. The Kier molecular flexibility index (Phi) is 5.47. The average molecular weight is 413 g/mol. The number of carbonyl (C=O) groups is 1. The van der Waals surface area contributed by atoms with Gasteiger partial charge in [-0.3, -0.25) is 0 Å². The van der Waals surface area contributed by atoms with Crippen molar-refractivity contribution in [3.63, 3.8) is 0 Å². The summed E-state index contributed by atoms with van der Waals surface area (Å²) < 4.78 is 5.95. The van der Waals surface area contributed by atoms with E-state index in [1.54, 1.807) is 0 Å². The van der Waals surface area contributed by atoms with Crippen LogP contribution in [0.15, 0.2) is 78.9 Å². The second-order valence-corrected chi connectivity index (χ2v) is 8.61. The van der Waals surface area contributed by atoms with Gasteiger partial charge in [-0.1, -0.05) is 78.9 Å². The summed E-state index contributed by atoms with van der Waals surface area (Å²) in [7, 11) is 0. The Morgan fingerprint density at radius 3 is 2.23 bits per heavy atom. The fraction of sp³-hybridized carbons (Fsp3) is 0.296. The number of rotatable bonds is 4. The molecule has 0 radical (unpaired) electrons. The molecule has 3 aromatic carbocycles. The van der Waals surface area contributed by atoms with Crippen LogP contribution in [0.3, 0.4) is 0 Å². The molecule has 2 atom stereocenters. The Morgan fingerprint density at radius 1 is 0.935 bits per heavy atom. The second-order valence-electron chi connectivity index (χ2n) is 8.61. The van der Waals surface area contributed by atoms with Crippen molar-refractivity contribution in [3.8, 4) is 11.1 Å². The highest BCUT2D eigenvalue weighted by atomic mass is 16.6. The number of piperazine rings is 1. The van der Waals surface area contributed by atoms with E-state index in [0.29, 0.717) is 13.2 Å². The topological polar surface area (TPSA) is 41.6 Å². The minimum Gasteiger partial charge on any atom is -0.448 e. The van der Waals surface area contributed by atoms with Crippen LogP contribution in [0.1, 0.15) is 29.5 Å². The van der Waals surface area contributed by atoms with Crippen molar-refractivity contribution in [2.75, 3.05) is 19.7 Å². The van der Waals surface area contributed by atoms with E-state index >= 15 is 0 Å². The lowest BCUT2D eigenvalue weighted by molar-refractivity contribution is 0.0676. The van der Waals surface area contributed by atoms with Gasteiger partial charge in [0.2, 0.25) is 0 Å². The fourth-order valence-corrected chi connectivity index (χ4v) is 4.93. The number of hydrogen-bond donors (Lipinski definition) is 1. The third-order valence-electron chi connectivity index (χ3n) is 6.50. The molecule has 1 aliphatic heterocycles. The Labute approximate surface area is 183 Å². The highest BCUT2D eigenvalue weighted by Gasteiger charge is 2.33. The van der Waals surface area contributed by atoms with Crippen LogP contribution >= 0.6 is 0 Å². The number of fused-ring (bicyclic) bond motifs is 3. The lowest BCUT2D eigenvalue weighted by Gasteiger charge is -2.39. The molecule has 4 nitrogen and oxygen atoms in total. The standard InChI is InChI=1S/C27H28N2O2/c1-19-17-29(21(16-28-19)15-20-9-3-2-4-10-20)27(30)31-18-26-24-13-7-5-11-22(24)23-12-6-8-14-25(23)26/h2-14,19,21,26,28H,15-18H2,1H3/t19-,21+/m0/s1. The first-order chi connectivity index (χ1) is 15.2. The average Bonchev–Trinajstić information content (AvgIpc) is 3.13. The van der Waals surface area contributed by atoms with E-state index in [-0.39, 0.29) is 24.1 Å². The molecule has 4 heteroatoms. The number of ether oxygens (including phenoxy) is 1. The monoisotopic (exact) mass is 412 g/mol. The Balaban J connectivity index is 1.32. The van der Waals surface area contributed by atoms with Gasteiger partial charge in [-0.05, 0) is 41.2 Å². The molecule has 158 valence electrons. The maximum atomic E-state index is 13.2. The van der Waals surface area contributed by atoms with E-state index < -0.39 is 0 Å². The molecule has 0 spiro atoms. The molecule has 1 heterocycles. The molecule has 0 bridgehead atoms. The van der Waals surface area contributed by atoms with Crippen molar-refractivity contribution >= 4 is 6.09 Å². The van der Waals surface area contributed by atoms with Crippen molar-refractivity contribution < 1.29 is 9.53 Å². The lowest BCUT2D eigenvalue weighted by Crippen LogP contribution is -2.58. The van der Waals surface area contributed by atoms with Crippen LogP contribution in [0.2, 0.25) is 0 Å². The number of benzene rings is 3. The van der Waals surface area contributed by atoms with Gasteiger partial charge in [0.1, 0.15) is 6.61 Å². The van der Waals surface area contributed by atoms with Gasteiger partial charge in [0, 0.05) is 25.0 Å². The lowest BCUT2D eigenvalue weighted by atomic mass is 9.98. The molecule has 1 aliphatic carbocycles. The SMILES string of the molecule is C[C@H]1CN(C(=O)OCC2c3ccccc3-c3ccccc32)[C@H](Cc2ccccc2)CN1. The predicted octanol–water partition coefficient (Wildman–Crippen LogP) is 4.84. The smallest absolute Gasteiger partial charge is 0.410 e. The van der Waals surface area contributed by atoms with Crippen molar-refractivity contribution in [3.05, 3.63) is 95.6 Å². The molecule has 31 heavy (non-hydrogen) atoms. The van der Waals surface area contributed by atoms with Crippen LogP contribution in [-0.4, -0.2) is 42.8 Å². The largest absolute Gasteiger partial charge is 0.448 e. The quantitative estimate of drug-likeness (QED) is 0.667. The summed E-state index contributed by atoms with van der Waals surface area (Å²) in [5.41, 5.74) is 6.21. The molecule has 0 saturated carbocycles. The van der Waals surface area contributed by atoms with Gasteiger partial charge in [-0.15, -0.1) is 0 Å². The second kappa shape index (κ2) is 8.56. The number of amides is 1. The van der Waals surface area contributed by atoms with Gasteiger partial charge >= 0.3 is 6.09 Å². The van der Waals surface area contributed by atoms with Gasteiger partial charge in [0.15, 0.2) is 0 Å². The summed E-state index contributed by atoms with van der Waals surface area (Å²) >= 11 is 0. The minimum absolute atomic E-state index is 0.0873. The highest BCUT2D eigenvalue weighted by molar-refractivity contribution is 5.79. The van der Waals surface area contributed by atoms with E-state index in [1.807, 2.05) is 23.1 Å². The van der Waals surface area contributed by atoms with Crippen LogP contribution in [0.4, 0.5) is 4.79 Å². The highest BCUT2D eigenvalue weighted by Crippen LogP contribution is 2.44. The number of hydrogen-bond acceptors (Lipinski definition) is 3. The van der Waals surface area contributed by atoms with E-state index in [2.05, 4.69) is 72.9 Å². The zero-order valence-corrected chi connectivity index (χ0v) is 17.8. The predicted molar refractivity (Wildman–Crippen MR) is 123 cm³/mol. The third-order valence-corrected chi connectivity index (χ3v) is 6.50. The molecule has 1 amide bonds. The van der Waals surface area contributed by atoms with Gasteiger partial charge in [0.05, 0.1) is 6.04 Å². The number of nitrogens with one attached hydrogen (secondary N) is 1. The van der Waals surface area contributed by atoms with Gasteiger partial charge < -0.3 is 15.0 Å². The summed E-state index contributed by atoms with van der Waals surface area (Å²) in [6.07, 6.45) is 0.612. The molecule has 1 saturated heterocycles. The normalized spacial score (nSPS) is 20.2. The zero-order chi connectivity index (χ0) is 21.2. The van der Waals surface area contributed by atoms with Crippen LogP contribution in [0.25, 0.3) is 11.1 Å². The van der Waals surface area contributed by atoms with Crippen LogP contribution in [0.5, 0.6) is 0 Å². The maximum Gasteiger partial charge on any atom is 0.410 e. The molecule has 3 aromatic rings. The van der Waals surface area contributed by atoms with Crippen molar-refractivity contribution in [2.45, 2.75) is 31.3 Å². The maximum absolute atomic E-state index is 13.2. The van der Waals surface area contributed by atoms with Gasteiger partial charge in [-0.2, -0.15) is 0 Å².